The molecule has 3 spiro atoms. The molecule has 6 fully saturated rings. The minimum atomic E-state index is -1.11. The summed E-state index contributed by atoms with van der Waals surface area (Å²) in [5.41, 5.74) is -1.16. The van der Waals surface area contributed by atoms with Crippen molar-refractivity contribution in [1.29, 1.82) is 0 Å². The lowest BCUT2D eigenvalue weighted by Crippen LogP contribution is -2.95. The largest absolute Gasteiger partial charge is 0.392 e. The number of rotatable bonds is 1. The molecule has 2 aliphatic heterocycles. The molecule has 0 amide bonds. The van der Waals surface area contributed by atoms with Crippen molar-refractivity contribution in [2.45, 2.75) is 93.6 Å². The fourth-order valence-electron chi connectivity index (χ4n) is 9.62. The Morgan fingerprint density at radius 2 is 1.85 bits per heavy atom. The van der Waals surface area contributed by atoms with Crippen molar-refractivity contribution in [3.8, 4) is 0 Å². The van der Waals surface area contributed by atoms with E-state index in [1.54, 1.807) is 0 Å². The maximum Gasteiger partial charge on any atom is 0.164 e. The van der Waals surface area contributed by atoms with E-state index in [0.717, 1.165) is 32.1 Å². The first-order chi connectivity index (χ1) is 12.9. The second-order valence-electron chi connectivity index (χ2n) is 10.8. The third-order valence-electron chi connectivity index (χ3n) is 9.77. The lowest BCUT2D eigenvalue weighted by Gasteiger charge is -2.83. The smallest absolute Gasteiger partial charge is 0.164 e. The zero-order valence-electron chi connectivity index (χ0n) is 16.2. The molecule has 27 heavy (non-hydrogen) atoms. The number of hydrogen-bond acceptors (Lipinski definition) is 5. The van der Waals surface area contributed by atoms with E-state index in [2.05, 4.69) is 6.08 Å². The van der Waals surface area contributed by atoms with Crippen molar-refractivity contribution >= 4 is 0 Å². The summed E-state index contributed by atoms with van der Waals surface area (Å²) < 4.78 is 19.8. The van der Waals surface area contributed by atoms with Crippen LogP contribution in [-0.2, 0) is 14.2 Å². The fraction of sp³-hybridized carbons (Fsp3) is 0.909. The van der Waals surface area contributed by atoms with E-state index in [4.69, 9.17) is 14.2 Å². The number of aliphatic hydroxyl groups is 2. The third kappa shape index (κ3) is 1.32. The van der Waals surface area contributed by atoms with Crippen LogP contribution in [0.25, 0.3) is 0 Å². The quantitative estimate of drug-likeness (QED) is 0.690. The molecule has 5 heteroatoms. The zero-order valence-corrected chi connectivity index (χ0v) is 16.2. The molecule has 0 unspecified atom stereocenters. The predicted molar refractivity (Wildman–Crippen MR) is 95.7 cm³/mol. The fourth-order valence-corrected chi connectivity index (χ4v) is 9.62. The first-order valence-electron chi connectivity index (χ1n) is 11.0. The molecule has 148 valence electrons. The molecule has 5 nitrogen and oxygen atoms in total. The minimum absolute atomic E-state index is 0.00778. The molecule has 0 aromatic heterocycles. The molecule has 8 atom stereocenters. The number of fused-ring (bicyclic) bond motifs is 3. The minimum Gasteiger partial charge on any atom is -0.392 e. The molecule has 2 N–H and O–H groups in total. The topological polar surface area (TPSA) is 68.2 Å². The first-order valence-corrected chi connectivity index (χ1v) is 11.0. The van der Waals surface area contributed by atoms with E-state index in [1.807, 2.05) is 13.8 Å². The van der Waals surface area contributed by atoms with Gasteiger partial charge in [0.1, 0.15) is 17.3 Å². The lowest BCUT2D eigenvalue weighted by atomic mass is 9.22. The summed E-state index contributed by atoms with van der Waals surface area (Å²) in [5, 5.41) is 22.4. The van der Waals surface area contributed by atoms with Crippen LogP contribution in [0.15, 0.2) is 11.6 Å². The van der Waals surface area contributed by atoms with Gasteiger partial charge in [0.25, 0.3) is 0 Å². The Kier molecular flexibility index (Phi) is 2.63. The first kappa shape index (κ1) is 16.3. The van der Waals surface area contributed by atoms with Crippen molar-refractivity contribution < 1.29 is 24.4 Å². The van der Waals surface area contributed by atoms with E-state index in [-0.39, 0.29) is 29.8 Å². The molecular formula is C22H30O5. The average Bonchev–Trinajstić information content (AvgIpc) is 3.23. The zero-order chi connectivity index (χ0) is 18.4. The van der Waals surface area contributed by atoms with Crippen molar-refractivity contribution in [1.82, 2.24) is 0 Å². The summed E-state index contributed by atoms with van der Waals surface area (Å²) in [6.45, 7) is 3.80. The van der Waals surface area contributed by atoms with Gasteiger partial charge in [-0.05, 0) is 56.9 Å². The summed E-state index contributed by atoms with van der Waals surface area (Å²) >= 11 is 0. The van der Waals surface area contributed by atoms with E-state index >= 15 is 0 Å². The lowest BCUT2D eigenvalue weighted by molar-refractivity contribution is -0.420. The summed E-state index contributed by atoms with van der Waals surface area (Å²) in [7, 11) is 0. The molecule has 0 radical (unpaired) electrons. The van der Waals surface area contributed by atoms with Gasteiger partial charge in [0.05, 0.1) is 18.3 Å². The summed E-state index contributed by atoms with van der Waals surface area (Å²) in [4.78, 5) is 0. The standard InChI is InChI=1S/C22H30O5/c1-18(2)26-17-20(27-18)9-5-6-13-15-16-14(25-19(15)7-3-4-8-19)10-12(11-23)22(17,24)21(13,16)20/h10,13-17,23-24H,3-9,11H2,1-2H3/t13-,14+,15-,16-,17-,20+,21+,22+/m1/s1. The van der Waals surface area contributed by atoms with Crippen molar-refractivity contribution in [3.63, 3.8) is 0 Å². The molecule has 0 aromatic rings. The Bertz CT molecular complexity index is 769. The normalized spacial score (nSPS) is 60.1. The van der Waals surface area contributed by atoms with Gasteiger partial charge in [0, 0.05) is 11.3 Å². The highest BCUT2D eigenvalue weighted by molar-refractivity contribution is 5.53. The average molecular weight is 374 g/mol. The molecule has 0 aromatic carbocycles. The van der Waals surface area contributed by atoms with Crippen LogP contribution in [0.4, 0.5) is 0 Å². The highest BCUT2D eigenvalue weighted by Crippen LogP contribution is 2.88. The summed E-state index contributed by atoms with van der Waals surface area (Å²) in [5.74, 6) is 0.543. The van der Waals surface area contributed by atoms with Crippen LogP contribution in [0.5, 0.6) is 0 Å². The molecule has 4 saturated carbocycles. The SMILES string of the molecule is CC1(C)O[C@@H]2[C@]3(CCC[C@@H]4[C@@H]5[C@H]6[C@H](C=C(CO)[C@@]2(O)[C@]643)OC52CCCC2)O1. The molecule has 0 bridgehead atoms. The highest BCUT2D eigenvalue weighted by Gasteiger charge is 2.97. The van der Waals surface area contributed by atoms with Gasteiger partial charge in [-0.1, -0.05) is 25.3 Å². The van der Waals surface area contributed by atoms with Crippen LogP contribution >= 0.6 is 0 Å². The van der Waals surface area contributed by atoms with Gasteiger partial charge < -0.3 is 24.4 Å². The Morgan fingerprint density at radius 1 is 1.07 bits per heavy atom. The van der Waals surface area contributed by atoms with Crippen LogP contribution in [0.1, 0.15) is 58.8 Å². The molecule has 7 aliphatic rings. The molecule has 2 saturated heterocycles. The molecule has 7 rings (SSSR count). The number of hydrogen-bond donors (Lipinski definition) is 2. The molecular weight excluding hydrogens is 344 g/mol. The Labute approximate surface area is 160 Å². The maximum absolute atomic E-state index is 12.2. The second-order valence-corrected chi connectivity index (χ2v) is 10.8. The van der Waals surface area contributed by atoms with Gasteiger partial charge in [0.2, 0.25) is 0 Å². The van der Waals surface area contributed by atoms with Gasteiger partial charge in [-0.25, -0.2) is 0 Å². The van der Waals surface area contributed by atoms with Gasteiger partial charge >= 0.3 is 0 Å². The van der Waals surface area contributed by atoms with Crippen LogP contribution in [0, 0.1) is 23.2 Å². The molecule has 5 aliphatic carbocycles. The van der Waals surface area contributed by atoms with Crippen molar-refractivity contribution in [2.75, 3.05) is 6.61 Å². The van der Waals surface area contributed by atoms with Crippen LogP contribution in [0.2, 0.25) is 0 Å². The van der Waals surface area contributed by atoms with E-state index in [9.17, 15) is 10.2 Å². The number of ether oxygens (including phenoxy) is 3. The maximum atomic E-state index is 12.2. The van der Waals surface area contributed by atoms with Gasteiger partial charge in [0.15, 0.2) is 5.79 Å². The summed E-state index contributed by atoms with van der Waals surface area (Å²) in [6.07, 6.45) is 9.69. The predicted octanol–water partition coefficient (Wildman–Crippen LogP) is 2.30. The Hall–Kier alpha value is -0.460. The summed E-state index contributed by atoms with van der Waals surface area (Å²) in [6, 6.07) is 0. The van der Waals surface area contributed by atoms with Crippen LogP contribution in [-0.4, -0.2) is 51.6 Å². The van der Waals surface area contributed by atoms with E-state index in [1.165, 1.54) is 12.8 Å². The Morgan fingerprint density at radius 3 is 2.59 bits per heavy atom. The van der Waals surface area contributed by atoms with E-state index < -0.39 is 17.0 Å². The van der Waals surface area contributed by atoms with Crippen LogP contribution < -0.4 is 0 Å². The van der Waals surface area contributed by atoms with Gasteiger partial charge in [-0.2, -0.15) is 0 Å². The van der Waals surface area contributed by atoms with Crippen molar-refractivity contribution in [2.24, 2.45) is 23.2 Å². The highest BCUT2D eigenvalue weighted by atomic mass is 16.8. The third-order valence-corrected chi connectivity index (χ3v) is 9.77. The van der Waals surface area contributed by atoms with Gasteiger partial charge in [-0.15, -0.1) is 0 Å². The monoisotopic (exact) mass is 374 g/mol. The second kappa shape index (κ2) is 4.34. The van der Waals surface area contributed by atoms with Crippen LogP contribution in [0.3, 0.4) is 0 Å². The van der Waals surface area contributed by atoms with Gasteiger partial charge in [-0.3, -0.25) is 0 Å². The van der Waals surface area contributed by atoms with Crippen molar-refractivity contribution in [3.05, 3.63) is 11.6 Å². The van der Waals surface area contributed by atoms with E-state index in [0.29, 0.717) is 23.3 Å². The number of aliphatic hydroxyl groups excluding tert-OH is 1. The molecule has 2 heterocycles. The Balaban J connectivity index is 1.47.